The van der Waals surface area contributed by atoms with Crippen molar-refractivity contribution in [2.24, 2.45) is 5.92 Å². The number of halogens is 1. The molecule has 0 spiro atoms. The SMILES string of the molecule is CC(C)CNC(=S)Nc1ccc(Nc2ccc(Cl)nn2)cc1. The first-order valence-corrected chi connectivity index (χ1v) is 7.73. The molecule has 116 valence electrons. The second-order valence-electron chi connectivity index (χ2n) is 5.17. The van der Waals surface area contributed by atoms with E-state index in [-0.39, 0.29) is 0 Å². The van der Waals surface area contributed by atoms with Gasteiger partial charge in [-0.05, 0) is 54.5 Å². The van der Waals surface area contributed by atoms with E-state index in [0.29, 0.717) is 22.0 Å². The summed E-state index contributed by atoms with van der Waals surface area (Å²) in [6.07, 6.45) is 0. The Morgan fingerprint density at radius 1 is 1.09 bits per heavy atom. The van der Waals surface area contributed by atoms with Crippen LogP contribution in [0.4, 0.5) is 17.2 Å². The van der Waals surface area contributed by atoms with Crippen molar-refractivity contribution >= 4 is 46.1 Å². The van der Waals surface area contributed by atoms with Crippen LogP contribution in [-0.4, -0.2) is 21.9 Å². The molecule has 0 saturated carbocycles. The summed E-state index contributed by atoms with van der Waals surface area (Å²) in [6.45, 7) is 5.12. The van der Waals surface area contributed by atoms with Gasteiger partial charge in [0.15, 0.2) is 16.1 Å². The third-order valence-electron chi connectivity index (χ3n) is 2.72. The number of aromatic nitrogens is 2. The van der Waals surface area contributed by atoms with Crippen LogP contribution in [0.15, 0.2) is 36.4 Å². The molecule has 0 saturated heterocycles. The van der Waals surface area contributed by atoms with Crippen molar-refractivity contribution < 1.29 is 0 Å². The molecule has 1 aromatic heterocycles. The smallest absolute Gasteiger partial charge is 0.170 e. The Morgan fingerprint density at radius 3 is 2.36 bits per heavy atom. The van der Waals surface area contributed by atoms with Crippen molar-refractivity contribution in [3.63, 3.8) is 0 Å². The number of benzene rings is 1. The van der Waals surface area contributed by atoms with Gasteiger partial charge in [-0.2, -0.15) is 0 Å². The second-order valence-corrected chi connectivity index (χ2v) is 5.97. The molecule has 5 nitrogen and oxygen atoms in total. The highest BCUT2D eigenvalue weighted by atomic mass is 35.5. The fourth-order valence-electron chi connectivity index (χ4n) is 1.64. The molecule has 0 atom stereocenters. The lowest BCUT2D eigenvalue weighted by atomic mass is 10.2. The largest absolute Gasteiger partial charge is 0.362 e. The van der Waals surface area contributed by atoms with E-state index in [1.54, 1.807) is 12.1 Å². The monoisotopic (exact) mass is 335 g/mol. The van der Waals surface area contributed by atoms with Crippen LogP contribution < -0.4 is 16.0 Å². The van der Waals surface area contributed by atoms with Gasteiger partial charge in [0.2, 0.25) is 0 Å². The van der Waals surface area contributed by atoms with Crippen LogP contribution >= 0.6 is 23.8 Å². The standard InChI is InChI=1S/C15H18ClN5S/c1-10(2)9-17-15(22)19-12-5-3-11(4-6-12)18-14-8-7-13(16)20-21-14/h3-8,10H,9H2,1-2H3,(H,18,21)(H2,17,19,22). The Kier molecular flexibility index (Phi) is 5.91. The van der Waals surface area contributed by atoms with Crippen molar-refractivity contribution in [2.75, 3.05) is 17.2 Å². The van der Waals surface area contributed by atoms with Gasteiger partial charge in [-0.1, -0.05) is 25.4 Å². The number of hydrogen-bond acceptors (Lipinski definition) is 4. The van der Waals surface area contributed by atoms with Crippen molar-refractivity contribution in [1.29, 1.82) is 0 Å². The third kappa shape index (κ3) is 5.46. The molecular weight excluding hydrogens is 318 g/mol. The summed E-state index contributed by atoms with van der Waals surface area (Å²) in [5, 5.41) is 18.2. The normalized spacial score (nSPS) is 10.4. The Balaban J connectivity index is 1.90. The van der Waals surface area contributed by atoms with E-state index >= 15 is 0 Å². The molecule has 0 unspecified atom stereocenters. The Morgan fingerprint density at radius 2 is 1.77 bits per heavy atom. The number of rotatable bonds is 5. The van der Waals surface area contributed by atoms with Crippen molar-refractivity contribution in [3.05, 3.63) is 41.6 Å². The van der Waals surface area contributed by atoms with E-state index < -0.39 is 0 Å². The fraction of sp³-hybridized carbons (Fsp3) is 0.267. The summed E-state index contributed by atoms with van der Waals surface area (Å²) >= 11 is 10.9. The van der Waals surface area contributed by atoms with Gasteiger partial charge in [0.05, 0.1) is 0 Å². The predicted octanol–water partition coefficient (Wildman–Crippen LogP) is 3.82. The van der Waals surface area contributed by atoms with Gasteiger partial charge >= 0.3 is 0 Å². The zero-order valence-corrected chi connectivity index (χ0v) is 14.0. The lowest BCUT2D eigenvalue weighted by molar-refractivity contribution is 0.627. The molecule has 0 amide bonds. The molecule has 0 bridgehead atoms. The lowest BCUT2D eigenvalue weighted by Crippen LogP contribution is -2.31. The summed E-state index contributed by atoms with van der Waals surface area (Å²) in [4.78, 5) is 0. The quantitative estimate of drug-likeness (QED) is 0.722. The zero-order valence-electron chi connectivity index (χ0n) is 12.4. The van der Waals surface area contributed by atoms with Crippen molar-refractivity contribution in [1.82, 2.24) is 15.5 Å². The molecule has 0 aliphatic heterocycles. The fourth-order valence-corrected chi connectivity index (χ4v) is 1.94. The van der Waals surface area contributed by atoms with Crippen molar-refractivity contribution in [3.8, 4) is 0 Å². The number of thiocarbonyl (C=S) groups is 1. The Labute approximate surface area is 140 Å². The van der Waals surface area contributed by atoms with Gasteiger partial charge in [-0.15, -0.1) is 10.2 Å². The number of nitrogens with one attached hydrogen (secondary N) is 3. The second kappa shape index (κ2) is 7.91. The third-order valence-corrected chi connectivity index (χ3v) is 3.17. The lowest BCUT2D eigenvalue weighted by Gasteiger charge is -2.12. The molecule has 1 heterocycles. The van der Waals surface area contributed by atoms with Crippen LogP contribution in [0.25, 0.3) is 0 Å². The maximum Gasteiger partial charge on any atom is 0.170 e. The topological polar surface area (TPSA) is 61.9 Å². The molecule has 22 heavy (non-hydrogen) atoms. The van der Waals surface area contributed by atoms with E-state index in [2.05, 4.69) is 40.0 Å². The average molecular weight is 336 g/mol. The summed E-state index contributed by atoms with van der Waals surface area (Å²) in [6, 6.07) is 11.2. The van der Waals surface area contributed by atoms with Gasteiger partial charge in [0.25, 0.3) is 0 Å². The molecule has 2 aromatic rings. The molecule has 0 radical (unpaired) electrons. The van der Waals surface area contributed by atoms with Crippen LogP contribution in [0.1, 0.15) is 13.8 Å². The van der Waals surface area contributed by atoms with Gasteiger partial charge in [-0.3, -0.25) is 0 Å². The number of anilines is 3. The maximum atomic E-state index is 5.70. The van der Waals surface area contributed by atoms with E-state index in [9.17, 15) is 0 Å². The molecule has 1 aromatic carbocycles. The van der Waals surface area contributed by atoms with Gasteiger partial charge < -0.3 is 16.0 Å². The first-order valence-electron chi connectivity index (χ1n) is 6.94. The Bertz CT molecular complexity index is 613. The van der Waals surface area contributed by atoms with Crippen LogP contribution in [0.5, 0.6) is 0 Å². The van der Waals surface area contributed by atoms with Gasteiger partial charge in [0, 0.05) is 17.9 Å². The van der Waals surface area contributed by atoms with Crippen LogP contribution in [-0.2, 0) is 0 Å². The minimum absolute atomic E-state index is 0.368. The highest BCUT2D eigenvalue weighted by Gasteiger charge is 2.01. The van der Waals surface area contributed by atoms with E-state index in [1.165, 1.54) is 0 Å². The summed E-state index contributed by atoms with van der Waals surface area (Å²) < 4.78 is 0. The minimum atomic E-state index is 0.368. The molecule has 0 fully saturated rings. The van der Waals surface area contributed by atoms with Crippen molar-refractivity contribution in [2.45, 2.75) is 13.8 Å². The number of nitrogens with zero attached hydrogens (tertiary/aromatic N) is 2. The zero-order chi connectivity index (χ0) is 15.9. The van der Waals surface area contributed by atoms with E-state index in [0.717, 1.165) is 17.9 Å². The molecule has 0 aliphatic rings. The van der Waals surface area contributed by atoms with Crippen LogP contribution in [0, 0.1) is 5.92 Å². The average Bonchev–Trinajstić information content (AvgIpc) is 2.49. The molecular formula is C15H18ClN5S. The first kappa shape index (κ1) is 16.5. The molecule has 0 aliphatic carbocycles. The molecule has 7 heteroatoms. The maximum absolute atomic E-state index is 5.70. The van der Waals surface area contributed by atoms with Crippen LogP contribution in [0.2, 0.25) is 5.15 Å². The minimum Gasteiger partial charge on any atom is -0.362 e. The van der Waals surface area contributed by atoms with Crippen LogP contribution in [0.3, 0.4) is 0 Å². The Hall–Kier alpha value is -1.92. The first-order chi connectivity index (χ1) is 10.5. The highest BCUT2D eigenvalue weighted by molar-refractivity contribution is 7.80. The number of hydrogen-bond donors (Lipinski definition) is 3. The van der Waals surface area contributed by atoms with Gasteiger partial charge in [0.1, 0.15) is 0 Å². The summed E-state index contributed by atoms with van der Waals surface area (Å²) in [5.41, 5.74) is 1.83. The van der Waals surface area contributed by atoms with E-state index in [4.69, 9.17) is 23.8 Å². The van der Waals surface area contributed by atoms with Gasteiger partial charge in [-0.25, -0.2) is 0 Å². The summed E-state index contributed by atoms with van der Waals surface area (Å²) in [7, 11) is 0. The predicted molar refractivity (Wildman–Crippen MR) is 95.8 cm³/mol. The summed E-state index contributed by atoms with van der Waals surface area (Å²) in [5.74, 6) is 1.19. The van der Waals surface area contributed by atoms with E-state index in [1.807, 2.05) is 24.3 Å². The highest BCUT2D eigenvalue weighted by Crippen LogP contribution is 2.17. The molecule has 3 N–H and O–H groups in total. The molecule has 2 rings (SSSR count).